The molecular weight excluding hydrogens is 528 g/mol. The summed E-state index contributed by atoms with van der Waals surface area (Å²) in [5.41, 5.74) is 7.57. The topological polar surface area (TPSA) is 82.8 Å². The summed E-state index contributed by atoms with van der Waals surface area (Å²) < 4.78 is 18.6. The largest absolute Gasteiger partial charge is 0.491 e. The smallest absolute Gasteiger partial charge is 0.330 e. The van der Waals surface area contributed by atoms with Crippen LogP contribution in [0, 0.1) is 0 Å². The predicted molar refractivity (Wildman–Crippen MR) is 166 cm³/mol. The van der Waals surface area contributed by atoms with Gasteiger partial charge >= 0.3 is 5.97 Å². The Hall–Kier alpha value is -4.20. The van der Waals surface area contributed by atoms with Crippen LogP contribution in [0.3, 0.4) is 0 Å². The summed E-state index contributed by atoms with van der Waals surface area (Å²) in [6, 6.07) is 22.8. The lowest BCUT2D eigenvalue weighted by atomic mass is 9.87. The van der Waals surface area contributed by atoms with Crippen molar-refractivity contribution in [2.24, 2.45) is 0 Å². The van der Waals surface area contributed by atoms with Crippen LogP contribution in [0.25, 0.3) is 28.1 Å². The highest BCUT2D eigenvalue weighted by Crippen LogP contribution is 2.37. The second-order valence-electron chi connectivity index (χ2n) is 10.2. The van der Waals surface area contributed by atoms with Crippen molar-refractivity contribution in [1.29, 1.82) is 0 Å². The zero-order valence-corrected chi connectivity index (χ0v) is 24.3. The molecule has 1 aliphatic rings. The van der Waals surface area contributed by atoms with Gasteiger partial charge in [0.1, 0.15) is 12.4 Å². The molecule has 1 aromatic heterocycles. The lowest BCUT2D eigenvalue weighted by molar-refractivity contribution is -0.137. The number of esters is 1. The molecule has 4 aromatic rings. The van der Waals surface area contributed by atoms with E-state index in [4.69, 9.17) is 24.4 Å². The highest BCUT2D eigenvalue weighted by Gasteiger charge is 2.20. The number of hydrogen-bond donors (Lipinski definition) is 1. The van der Waals surface area contributed by atoms with Crippen LogP contribution in [0.2, 0.25) is 0 Å². The van der Waals surface area contributed by atoms with Crippen LogP contribution in [0.15, 0.2) is 79.0 Å². The molecule has 42 heavy (non-hydrogen) atoms. The van der Waals surface area contributed by atoms with E-state index in [0.29, 0.717) is 6.61 Å². The highest BCUT2D eigenvalue weighted by atomic mass is 16.5. The van der Waals surface area contributed by atoms with Crippen molar-refractivity contribution in [3.05, 3.63) is 101 Å². The van der Waals surface area contributed by atoms with Gasteiger partial charge in [-0.05, 0) is 96.3 Å². The second kappa shape index (κ2) is 14.1. The van der Waals surface area contributed by atoms with Crippen molar-refractivity contribution >= 4 is 34.1 Å². The molecule has 0 amide bonds. The van der Waals surface area contributed by atoms with Crippen LogP contribution in [-0.4, -0.2) is 47.3 Å². The summed E-state index contributed by atoms with van der Waals surface area (Å²) in [5.74, 6) is 0.371. The Kier molecular flexibility index (Phi) is 9.85. The van der Waals surface area contributed by atoms with Crippen LogP contribution in [0.1, 0.15) is 68.0 Å². The van der Waals surface area contributed by atoms with Crippen LogP contribution in [0.4, 0.5) is 0 Å². The molecule has 1 N–H and O–H groups in total. The van der Waals surface area contributed by atoms with Gasteiger partial charge in [-0.25, -0.2) is 9.48 Å². The van der Waals surface area contributed by atoms with E-state index in [-0.39, 0.29) is 25.4 Å². The summed E-state index contributed by atoms with van der Waals surface area (Å²) >= 11 is 0. The number of allylic oxidation sites excluding steroid dienone is 1. The lowest BCUT2D eigenvalue weighted by Crippen LogP contribution is -2.18. The zero-order valence-electron chi connectivity index (χ0n) is 24.3. The van der Waals surface area contributed by atoms with Crippen molar-refractivity contribution in [2.75, 3.05) is 26.4 Å². The maximum atomic E-state index is 11.8. The summed E-state index contributed by atoms with van der Waals surface area (Å²) in [4.78, 5) is 11.8. The van der Waals surface area contributed by atoms with E-state index >= 15 is 0 Å². The molecule has 1 saturated heterocycles. The van der Waals surface area contributed by atoms with Crippen molar-refractivity contribution in [2.45, 2.75) is 45.8 Å². The molecule has 1 atom stereocenters. The Morgan fingerprint density at radius 3 is 2.48 bits per heavy atom. The first-order valence-corrected chi connectivity index (χ1v) is 14.7. The average molecular weight is 567 g/mol. The molecule has 0 spiro atoms. The van der Waals surface area contributed by atoms with E-state index in [1.165, 1.54) is 11.6 Å². The maximum absolute atomic E-state index is 11.8. The van der Waals surface area contributed by atoms with Crippen molar-refractivity contribution in [3.63, 3.8) is 0 Å². The molecule has 0 radical (unpaired) electrons. The molecular formula is C35H38N2O5. The Balaban J connectivity index is 1.56. The summed E-state index contributed by atoms with van der Waals surface area (Å²) in [7, 11) is 0. The molecule has 5 rings (SSSR count). The summed E-state index contributed by atoms with van der Waals surface area (Å²) in [6.45, 7) is 5.31. The molecule has 0 aliphatic carbocycles. The minimum atomic E-state index is -0.352. The Labute approximate surface area is 247 Å². The third-order valence-electron chi connectivity index (χ3n) is 7.43. The number of nitrogens with zero attached hydrogens (tertiary/aromatic N) is 2. The van der Waals surface area contributed by atoms with Crippen LogP contribution in [0.5, 0.6) is 5.75 Å². The fraction of sp³-hybridized carbons (Fsp3) is 0.314. The predicted octanol–water partition coefficient (Wildman–Crippen LogP) is 7.05. The molecule has 1 fully saturated rings. The quantitative estimate of drug-likeness (QED) is 0.119. The number of rotatable bonds is 11. The molecule has 7 heteroatoms. The van der Waals surface area contributed by atoms with E-state index in [1.807, 2.05) is 35.1 Å². The first kappa shape index (κ1) is 29.3. The van der Waals surface area contributed by atoms with Gasteiger partial charge in [-0.1, -0.05) is 49.4 Å². The first-order chi connectivity index (χ1) is 20.6. The van der Waals surface area contributed by atoms with Crippen LogP contribution in [-0.2, 0) is 14.3 Å². The molecule has 218 valence electrons. The lowest BCUT2D eigenvalue weighted by Gasteiger charge is -2.23. The number of benzene rings is 3. The van der Waals surface area contributed by atoms with E-state index in [1.54, 1.807) is 13.0 Å². The molecule has 3 aromatic carbocycles. The van der Waals surface area contributed by atoms with E-state index in [9.17, 15) is 4.79 Å². The van der Waals surface area contributed by atoms with E-state index < -0.39 is 0 Å². The van der Waals surface area contributed by atoms with E-state index in [0.717, 1.165) is 76.8 Å². The highest BCUT2D eigenvalue weighted by molar-refractivity contribution is 6.00. The number of aliphatic hydroxyl groups excluding tert-OH is 1. The van der Waals surface area contributed by atoms with Gasteiger partial charge in [-0.3, -0.25) is 0 Å². The fourth-order valence-electron chi connectivity index (χ4n) is 5.43. The molecule has 0 saturated carbocycles. The summed E-state index contributed by atoms with van der Waals surface area (Å²) in [6.07, 6.45) is 9.15. The number of hydrogen-bond acceptors (Lipinski definition) is 6. The number of carbonyl (C=O) groups is 1. The van der Waals surface area contributed by atoms with Gasteiger partial charge in [0.05, 0.1) is 24.9 Å². The van der Waals surface area contributed by atoms with Gasteiger partial charge in [-0.2, -0.15) is 5.10 Å². The van der Waals surface area contributed by atoms with Gasteiger partial charge in [-0.15, -0.1) is 0 Å². The number of aromatic nitrogens is 2. The van der Waals surface area contributed by atoms with Crippen LogP contribution >= 0.6 is 0 Å². The molecule has 1 unspecified atom stereocenters. The minimum absolute atomic E-state index is 0.0231. The van der Waals surface area contributed by atoms with Crippen molar-refractivity contribution in [3.8, 4) is 5.75 Å². The maximum Gasteiger partial charge on any atom is 0.330 e. The monoisotopic (exact) mass is 566 g/mol. The van der Waals surface area contributed by atoms with Gasteiger partial charge < -0.3 is 19.3 Å². The van der Waals surface area contributed by atoms with Gasteiger partial charge in [0.25, 0.3) is 0 Å². The SMILES string of the molecule is CCOC(=O)C=Cc1ccc(C(=C(CC)c2ccc(OCCO)cc2)c2ccc3c(cnn3C3CCCCO3)c2)cc1. The average Bonchev–Trinajstić information content (AvgIpc) is 3.46. The van der Waals surface area contributed by atoms with Crippen molar-refractivity contribution < 1.29 is 24.1 Å². The number of aliphatic hydroxyl groups is 1. The third kappa shape index (κ3) is 6.81. The summed E-state index contributed by atoms with van der Waals surface area (Å²) in [5, 5.41) is 14.9. The number of ether oxygens (including phenoxy) is 3. The van der Waals surface area contributed by atoms with Gasteiger partial charge in [0, 0.05) is 18.1 Å². The molecule has 2 heterocycles. The zero-order chi connectivity index (χ0) is 29.3. The normalized spacial score (nSPS) is 16.0. The Bertz CT molecular complexity index is 1540. The number of fused-ring (bicyclic) bond motifs is 1. The fourth-order valence-corrected chi connectivity index (χ4v) is 5.43. The van der Waals surface area contributed by atoms with E-state index in [2.05, 4.69) is 49.4 Å². The van der Waals surface area contributed by atoms with Gasteiger partial charge in [0.2, 0.25) is 0 Å². The van der Waals surface area contributed by atoms with Crippen LogP contribution < -0.4 is 4.74 Å². The van der Waals surface area contributed by atoms with Crippen molar-refractivity contribution in [1.82, 2.24) is 9.78 Å². The minimum Gasteiger partial charge on any atom is -0.491 e. The first-order valence-electron chi connectivity index (χ1n) is 14.7. The van der Waals surface area contributed by atoms with Gasteiger partial charge in [0.15, 0.2) is 6.23 Å². The Morgan fingerprint density at radius 1 is 1.02 bits per heavy atom. The standard InChI is InChI=1S/C35H38N2O5/c1-3-31(26-13-16-30(17-14-26)41-22-20-38)35(27-11-8-25(9-12-27)10-19-34(39)40-4-2)28-15-18-32-29(23-28)24-36-37(32)33-7-5-6-21-42-33/h8-19,23-24,33,38H,3-7,20-22H2,1-2H3. The third-order valence-corrected chi connectivity index (χ3v) is 7.43. The molecule has 0 bridgehead atoms. The Morgan fingerprint density at radius 2 is 1.79 bits per heavy atom. The second-order valence-corrected chi connectivity index (χ2v) is 10.2. The molecule has 7 nitrogen and oxygen atoms in total. The number of carbonyl (C=O) groups excluding carboxylic acids is 1. The molecule has 1 aliphatic heterocycles.